The summed E-state index contributed by atoms with van der Waals surface area (Å²) in [5.41, 5.74) is 0.823. The molecule has 0 aromatic carbocycles. The molecule has 0 N–H and O–H groups in total. The van der Waals surface area contributed by atoms with E-state index in [1.165, 1.54) is 0 Å². The fourth-order valence-corrected chi connectivity index (χ4v) is 4.91. The fraction of sp³-hybridized carbons (Fsp3) is 0.700. The van der Waals surface area contributed by atoms with Gasteiger partial charge in [-0.15, -0.1) is 0 Å². The minimum Gasteiger partial charge on any atom is -0.465 e. The molecular formula is C20H26O4. The number of esters is 2. The van der Waals surface area contributed by atoms with Gasteiger partial charge in [-0.1, -0.05) is 32.1 Å². The summed E-state index contributed by atoms with van der Waals surface area (Å²) >= 11 is 0. The quantitative estimate of drug-likeness (QED) is 0.573. The molecule has 4 bridgehead atoms. The molecule has 4 aliphatic carbocycles. The van der Waals surface area contributed by atoms with Crippen LogP contribution in [0.4, 0.5) is 0 Å². The Labute approximate surface area is 143 Å². The summed E-state index contributed by atoms with van der Waals surface area (Å²) in [6.45, 7) is 4.55. The Bertz CT molecular complexity index is 603. The largest absolute Gasteiger partial charge is 0.465 e. The van der Waals surface area contributed by atoms with Crippen LogP contribution in [0.25, 0.3) is 0 Å². The molecule has 0 aromatic rings. The van der Waals surface area contributed by atoms with Crippen molar-refractivity contribution < 1.29 is 19.1 Å². The fourth-order valence-electron chi connectivity index (χ4n) is 4.91. The second kappa shape index (κ2) is 6.05. The number of fused-ring (bicyclic) bond motifs is 4. The van der Waals surface area contributed by atoms with E-state index >= 15 is 0 Å². The summed E-state index contributed by atoms with van der Waals surface area (Å²) in [5.74, 6) is 1.29. The van der Waals surface area contributed by atoms with E-state index in [1.54, 1.807) is 0 Å². The third kappa shape index (κ3) is 2.80. The normalized spacial score (nSPS) is 38.7. The molecule has 2 fully saturated rings. The van der Waals surface area contributed by atoms with Crippen LogP contribution < -0.4 is 0 Å². The first-order valence-electron chi connectivity index (χ1n) is 9.29. The van der Waals surface area contributed by atoms with Crippen LogP contribution in [-0.2, 0) is 19.1 Å². The van der Waals surface area contributed by atoms with Crippen LogP contribution in [0, 0.1) is 35.5 Å². The third-order valence-electron chi connectivity index (χ3n) is 6.02. The first kappa shape index (κ1) is 15.9. The molecule has 4 nitrogen and oxygen atoms in total. The molecule has 6 atom stereocenters. The zero-order valence-electron chi connectivity index (χ0n) is 14.4. The molecular weight excluding hydrogens is 304 g/mol. The SMILES string of the molecule is CC(C)COC(=O)C1CC2CC(OC(=O)C3=CC4C=CC3C4)C1C2. The van der Waals surface area contributed by atoms with Crippen LogP contribution >= 0.6 is 0 Å². The first-order chi connectivity index (χ1) is 11.5. The monoisotopic (exact) mass is 330 g/mol. The molecule has 0 saturated heterocycles. The Balaban J connectivity index is 1.36. The highest BCUT2D eigenvalue weighted by Gasteiger charge is 2.51. The van der Waals surface area contributed by atoms with Crippen LogP contribution in [0.2, 0.25) is 0 Å². The standard InChI is InChI=1S/C20H26O4/c1-11(2)10-23-19(21)17-8-13-7-16(17)18(9-13)24-20(22)15-6-12-3-4-14(15)5-12/h3-4,6,11-14,16-18H,5,7-10H2,1-2H3. The van der Waals surface area contributed by atoms with Crippen molar-refractivity contribution in [2.24, 2.45) is 35.5 Å². The predicted molar refractivity (Wildman–Crippen MR) is 88.8 cm³/mol. The highest BCUT2D eigenvalue weighted by molar-refractivity contribution is 5.91. The van der Waals surface area contributed by atoms with Crippen molar-refractivity contribution in [3.05, 3.63) is 23.8 Å². The number of hydrogen-bond acceptors (Lipinski definition) is 4. The predicted octanol–water partition coefficient (Wildman–Crippen LogP) is 3.28. The second-order valence-electron chi connectivity index (χ2n) is 8.32. The molecule has 4 heteroatoms. The molecule has 0 heterocycles. The molecule has 0 aliphatic heterocycles. The maximum absolute atomic E-state index is 12.5. The lowest BCUT2D eigenvalue weighted by atomic mass is 9.86. The van der Waals surface area contributed by atoms with Crippen molar-refractivity contribution in [3.8, 4) is 0 Å². The van der Waals surface area contributed by atoms with Gasteiger partial charge in [-0.05, 0) is 43.4 Å². The highest BCUT2D eigenvalue weighted by Crippen LogP contribution is 2.50. The van der Waals surface area contributed by atoms with E-state index in [9.17, 15) is 9.59 Å². The molecule has 4 rings (SSSR count). The first-order valence-corrected chi connectivity index (χ1v) is 9.29. The number of allylic oxidation sites excluding steroid dienone is 3. The van der Waals surface area contributed by atoms with Crippen molar-refractivity contribution in [3.63, 3.8) is 0 Å². The zero-order chi connectivity index (χ0) is 16.8. The highest BCUT2D eigenvalue weighted by atomic mass is 16.5. The van der Waals surface area contributed by atoms with Gasteiger partial charge in [-0.25, -0.2) is 4.79 Å². The molecule has 0 radical (unpaired) electrons. The summed E-state index contributed by atoms with van der Waals surface area (Å²) in [6, 6.07) is 0. The number of rotatable bonds is 5. The topological polar surface area (TPSA) is 52.6 Å². The minimum absolute atomic E-state index is 0.0887. The molecule has 130 valence electrons. The van der Waals surface area contributed by atoms with Crippen LogP contribution in [0.1, 0.15) is 39.5 Å². The Kier molecular flexibility index (Phi) is 4.01. The maximum Gasteiger partial charge on any atom is 0.334 e. The number of carbonyl (C=O) groups excluding carboxylic acids is 2. The molecule has 6 unspecified atom stereocenters. The lowest BCUT2D eigenvalue weighted by Crippen LogP contribution is -2.35. The lowest BCUT2D eigenvalue weighted by molar-refractivity contribution is -0.159. The van der Waals surface area contributed by atoms with Gasteiger partial charge in [0.25, 0.3) is 0 Å². The van der Waals surface area contributed by atoms with E-state index < -0.39 is 0 Å². The molecule has 2 saturated carbocycles. The average Bonchev–Trinajstić information content (AvgIpc) is 3.31. The van der Waals surface area contributed by atoms with Crippen molar-refractivity contribution >= 4 is 11.9 Å². The Hall–Kier alpha value is -1.58. The van der Waals surface area contributed by atoms with Gasteiger partial charge in [-0.2, -0.15) is 0 Å². The number of hydrogen-bond donors (Lipinski definition) is 0. The van der Waals surface area contributed by atoms with E-state index in [0.717, 1.165) is 31.3 Å². The molecule has 0 amide bonds. The lowest BCUT2D eigenvalue weighted by Gasteiger charge is -2.28. The summed E-state index contributed by atoms with van der Waals surface area (Å²) in [6.07, 6.45) is 10.0. The van der Waals surface area contributed by atoms with Crippen molar-refractivity contribution in [2.75, 3.05) is 6.61 Å². The van der Waals surface area contributed by atoms with Gasteiger partial charge in [0.15, 0.2) is 0 Å². The third-order valence-corrected chi connectivity index (χ3v) is 6.02. The van der Waals surface area contributed by atoms with Gasteiger partial charge in [0.1, 0.15) is 6.10 Å². The molecule has 0 spiro atoms. The van der Waals surface area contributed by atoms with E-state index in [1.807, 2.05) is 13.8 Å². The van der Waals surface area contributed by atoms with E-state index in [4.69, 9.17) is 9.47 Å². The van der Waals surface area contributed by atoms with Gasteiger partial charge in [-0.3, -0.25) is 4.79 Å². The average molecular weight is 330 g/mol. The zero-order valence-corrected chi connectivity index (χ0v) is 14.4. The molecule has 4 aliphatic rings. The summed E-state index contributed by atoms with van der Waals surface area (Å²) < 4.78 is 11.3. The smallest absolute Gasteiger partial charge is 0.334 e. The van der Waals surface area contributed by atoms with Crippen LogP contribution in [0.3, 0.4) is 0 Å². The Morgan fingerprint density at radius 2 is 2.00 bits per heavy atom. The van der Waals surface area contributed by atoms with Crippen molar-refractivity contribution in [1.82, 2.24) is 0 Å². The van der Waals surface area contributed by atoms with Gasteiger partial charge >= 0.3 is 11.9 Å². The van der Waals surface area contributed by atoms with Crippen LogP contribution in [0.5, 0.6) is 0 Å². The molecule has 0 aromatic heterocycles. The van der Waals surface area contributed by atoms with Crippen LogP contribution in [0.15, 0.2) is 23.8 Å². The van der Waals surface area contributed by atoms with E-state index in [-0.39, 0.29) is 35.8 Å². The van der Waals surface area contributed by atoms with E-state index in [0.29, 0.717) is 24.4 Å². The summed E-state index contributed by atoms with van der Waals surface area (Å²) in [5, 5.41) is 0. The van der Waals surface area contributed by atoms with Crippen molar-refractivity contribution in [2.45, 2.75) is 45.6 Å². The van der Waals surface area contributed by atoms with Gasteiger partial charge in [0.2, 0.25) is 0 Å². The van der Waals surface area contributed by atoms with Gasteiger partial charge in [0.05, 0.1) is 12.5 Å². The van der Waals surface area contributed by atoms with Crippen molar-refractivity contribution in [1.29, 1.82) is 0 Å². The van der Waals surface area contributed by atoms with E-state index in [2.05, 4.69) is 18.2 Å². The summed E-state index contributed by atoms with van der Waals surface area (Å²) in [4.78, 5) is 24.9. The van der Waals surface area contributed by atoms with Crippen LogP contribution in [-0.4, -0.2) is 24.6 Å². The number of ether oxygens (including phenoxy) is 2. The number of carbonyl (C=O) groups is 2. The van der Waals surface area contributed by atoms with Gasteiger partial charge in [0, 0.05) is 17.4 Å². The van der Waals surface area contributed by atoms with Gasteiger partial charge < -0.3 is 9.47 Å². The molecule has 24 heavy (non-hydrogen) atoms. The Morgan fingerprint density at radius 3 is 2.62 bits per heavy atom. The second-order valence-corrected chi connectivity index (χ2v) is 8.32. The summed E-state index contributed by atoms with van der Waals surface area (Å²) in [7, 11) is 0. The maximum atomic E-state index is 12.5. The minimum atomic E-state index is -0.168. The Morgan fingerprint density at radius 1 is 1.17 bits per heavy atom.